The van der Waals surface area contributed by atoms with Crippen molar-refractivity contribution in [3.05, 3.63) is 65.7 Å². The second kappa shape index (κ2) is 8.87. The molecule has 1 amide bonds. The van der Waals surface area contributed by atoms with Crippen molar-refractivity contribution in [2.45, 2.75) is 31.7 Å². The Hall–Kier alpha value is -2.82. The lowest BCUT2D eigenvalue weighted by Gasteiger charge is -2.19. The van der Waals surface area contributed by atoms with E-state index in [1.165, 1.54) is 0 Å². The van der Waals surface area contributed by atoms with Gasteiger partial charge >= 0.3 is 5.97 Å². The summed E-state index contributed by atoms with van der Waals surface area (Å²) in [5.41, 5.74) is 1.59. The van der Waals surface area contributed by atoms with Gasteiger partial charge in [0.15, 0.2) is 6.04 Å². The van der Waals surface area contributed by atoms with Crippen LogP contribution in [0.25, 0.3) is 0 Å². The zero-order chi connectivity index (χ0) is 18.2. The van der Waals surface area contributed by atoms with Crippen molar-refractivity contribution in [1.29, 1.82) is 0 Å². The van der Waals surface area contributed by atoms with E-state index < -0.39 is 12.0 Å². The largest absolute Gasteiger partial charge is 0.497 e. The maximum absolute atomic E-state index is 12.4. The van der Waals surface area contributed by atoms with Crippen LogP contribution in [0.5, 0.6) is 5.75 Å². The summed E-state index contributed by atoms with van der Waals surface area (Å²) in [5.74, 6) is -0.565. The molecule has 2 aromatic rings. The normalized spacial score (nSPS) is 12.9. The van der Waals surface area contributed by atoms with Gasteiger partial charge in [0.2, 0.25) is 5.91 Å². The maximum atomic E-state index is 12.4. The summed E-state index contributed by atoms with van der Waals surface area (Å²) < 4.78 is 5.15. The Bertz CT molecular complexity index is 697. The highest BCUT2D eigenvalue weighted by atomic mass is 16.5. The second-order valence-electron chi connectivity index (χ2n) is 5.83. The number of hydrogen-bond donors (Lipinski definition) is 2. The Balaban J connectivity index is 2.06. The molecule has 25 heavy (non-hydrogen) atoms. The summed E-state index contributed by atoms with van der Waals surface area (Å²) in [6.07, 6.45) is 1.02. The molecule has 0 aliphatic carbocycles. The zero-order valence-electron chi connectivity index (χ0n) is 14.4. The lowest BCUT2D eigenvalue weighted by molar-refractivity contribution is -0.142. The summed E-state index contributed by atoms with van der Waals surface area (Å²) in [4.78, 5) is 23.9. The zero-order valence-corrected chi connectivity index (χ0v) is 14.4. The van der Waals surface area contributed by atoms with E-state index in [2.05, 4.69) is 5.32 Å². The van der Waals surface area contributed by atoms with Gasteiger partial charge in [0.25, 0.3) is 0 Å². The molecule has 2 aromatic carbocycles. The van der Waals surface area contributed by atoms with E-state index in [-0.39, 0.29) is 18.2 Å². The van der Waals surface area contributed by atoms with Gasteiger partial charge in [-0.05, 0) is 35.6 Å². The van der Waals surface area contributed by atoms with Gasteiger partial charge in [-0.3, -0.25) is 4.79 Å². The molecule has 132 valence electrons. The van der Waals surface area contributed by atoms with E-state index in [9.17, 15) is 14.7 Å². The lowest BCUT2D eigenvalue weighted by Crippen LogP contribution is -2.34. The summed E-state index contributed by atoms with van der Waals surface area (Å²) in [6, 6.07) is 15.3. The van der Waals surface area contributed by atoms with Crippen molar-refractivity contribution in [2.24, 2.45) is 0 Å². The van der Waals surface area contributed by atoms with Gasteiger partial charge in [0.1, 0.15) is 5.75 Å². The Morgan fingerprint density at radius 1 is 1.04 bits per heavy atom. The third kappa shape index (κ3) is 5.08. The van der Waals surface area contributed by atoms with E-state index >= 15 is 0 Å². The fourth-order valence-corrected chi connectivity index (χ4v) is 2.75. The van der Waals surface area contributed by atoms with Crippen LogP contribution in [-0.2, 0) is 9.59 Å². The monoisotopic (exact) mass is 341 g/mol. The van der Waals surface area contributed by atoms with Crippen molar-refractivity contribution in [2.75, 3.05) is 7.11 Å². The van der Waals surface area contributed by atoms with E-state index in [4.69, 9.17) is 4.74 Å². The van der Waals surface area contributed by atoms with Crippen LogP contribution >= 0.6 is 0 Å². The Labute approximate surface area is 147 Å². The second-order valence-corrected chi connectivity index (χ2v) is 5.83. The quantitative estimate of drug-likeness (QED) is 0.770. The topological polar surface area (TPSA) is 75.6 Å². The molecule has 5 heteroatoms. The number of rotatable bonds is 8. The molecule has 2 atom stereocenters. The summed E-state index contributed by atoms with van der Waals surface area (Å²) >= 11 is 0. The third-order valence-corrected chi connectivity index (χ3v) is 4.20. The number of carboxylic acid groups (broad SMARTS) is 1. The number of amides is 1. The fraction of sp³-hybridized carbons (Fsp3) is 0.300. The number of aliphatic carboxylic acids is 1. The maximum Gasteiger partial charge on any atom is 0.330 e. The van der Waals surface area contributed by atoms with Gasteiger partial charge in [0.05, 0.1) is 7.11 Å². The predicted octanol–water partition coefficient (Wildman–Crippen LogP) is 3.52. The van der Waals surface area contributed by atoms with Gasteiger partial charge in [-0.2, -0.15) is 0 Å². The highest BCUT2D eigenvalue weighted by Crippen LogP contribution is 2.25. The van der Waals surface area contributed by atoms with Gasteiger partial charge in [-0.15, -0.1) is 0 Å². The van der Waals surface area contributed by atoms with Gasteiger partial charge < -0.3 is 15.2 Å². The standard InChI is InChI=1S/C20H23NO4/c1-3-14(15-9-11-17(25-2)12-10-15)13-18(22)21-19(20(23)24)16-7-5-4-6-8-16/h4-12,14,19H,3,13H2,1-2H3,(H,21,22)(H,23,24). The summed E-state index contributed by atoms with van der Waals surface area (Å²) in [6.45, 7) is 2.01. The first-order valence-electron chi connectivity index (χ1n) is 8.26. The molecular formula is C20H23NO4. The predicted molar refractivity (Wildman–Crippen MR) is 95.6 cm³/mol. The molecule has 0 bridgehead atoms. The van der Waals surface area contributed by atoms with Crippen LogP contribution in [0.3, 0.4) is 0 Å². The summed E-state index contributed by atoms with van der Waals surface area (Å²) in [7, 11) is 1.61. The van der Waals surface area contributed by atoms with Crippen LogP contribution in [0.1, 0.15) is 42.9 Å². The number of carbonyl (C=O) groups is 2. The molecule has 0 aromatic heterocycles. The summed E-state index contributed by atoms with van der Waals surface area (Å²) in [5, 5.41) is 12.0. The first-order chi connectivity index (χ1) is 12.0. The Morgan fingerprint density at radius 2 is 1.68 bits per heavy atom. The van der Waals surface area contributed by atoms with E-state index in [1.807, 2.05) is 31.2 Å². The van der Waals surface area contributed by atoms with Crippen LogP contribution in [0.15, 0.2) is 54.6 Å². The molecular weight excluding hydrogens is 318 g/mol. The highest BCUT2D eigenvalue weighted by Gasteiger charge is 2.23. The fourth-order valence-electron chi connectivity index (χ4n) is 2.75. The van der Waals surface area contributed by atoms with Crippen LogP contribution in [0, 0.1) is 0 Å². The molecule has 2 rings (SSSR count). The number of nitrogens with one attached hydrogen (secondary N) is 1. The average molecular weight is 341 g/mol. The Kier molecular flexibility index (Phi) is 6.57. The molecule has 0 aliphatic heterocycles. The van der Waals surface area contributed by atoms with Crippen LogP contribution in [0.2, 0.25) is 0 Å². The first-order valence-corrected chi connectivity index (χ1v) is 8.26. The number of hydrogen-bond acceptors (Lipinski definition) is 3. The molecule has 5 nitrogen and oxygen atoms in total. The van der Waals surface area contributed by atoms with Crippen LogP contribution in [-0.4, -0.2) is 24.1 Å². The minimum atomic E-state index is -1.07. The molecule has 0 spiro atoms. The molecule has 2 N–H and O–H groups in total. The smallest absolute Gasteiger partial charge is 0.330 e. The van der Waals surface area contributed by atoms with Crippen molar-refractivity contribution in [1.82, 2.24) is 5.32 Å². The number of ether oxygens (including phenoxy) is 1. The molecule has 0 saturated carbocycles. The lowest BCUT2D eigenvalue weighted by atomic mass is 9.92. The van der Waals surface area contributed by atoms with E-state index in [0.717, 1.165) is 17.7 Å². The van der Waals surface area contributed by atoms with Crippen molar-refractivity contribution >= 4 is 11.9 Å². The van der Waals surface area contributed by atoms with Gasteiger partial charge in [-0.25, -0.2) is 4.79 Å². The van der Waals surface area contributed by atoms with Gasteiger partial charge in [0, 0.05) is 6.42 Å². The van der Waals surface area contributed by atoms with Crippen molar-refractivity contribution in [3.8, 4) is 5.75 Å². The minimum absolute atomic E-state index is 0.0242. The van der Waals surface area contributed by atoms with Crippen LogP contribution < -0.4 is 10.1 Å². The minimum Gasteiger partial charge on any atom is -0.497 e. The number of carboxylic acids is 1. The van der Waals surface area contributed by atoms with Crippen molar-refractivity contribution < 1.29 is 19.4 Å². The average Bonchev–Trinajstić information content (AvgIpc) is 2.64. The molecule has 0 saturated heterocycles. The molecule has 0 heterocycles. The van der Waals surface area contributed by atoms with Gasteiger partial charge in [-0.1, -0.05) is 49.4 Å². The van der Waals surface area contributed by atoms with Crippen LogP contribution in [0.4, 0.5) is 0 Å². The Morgan fingerprint density at radius 3 is 2.20 bits per heavy atom. The highest BCUT2D eigenvalue weighted by molar-refractivity contribution is 5.85. The molecule has 2 unspecified atom stereocenters. The first kappa shape index (κ1) is 18.5. The number of benzene rings is 2. The van der Waals surface area contributed by atoms with E-state index in [1.54, 1.807) is 37.4 Å². The molecule has 0 aliphatic rings. The third-order valence-electron chi connectivity index (χ3n) is 4.20. The van der Waals surface area contributed by atoms with E-state index in [0.29, 0.717) is 5.56 Å². The molecule has 0 radical (unpaired) electrons. The van der Waals surface area contributed by atoms with Crippen molar-refractivity contribution in [3.63, 3.8) is 0 Å². The number of carbonyl (C=O) groups excluding carboxylic acids is 1. The molecule has 0 fully saturated rings. The number of methoxy groups -OCH3 is 1. The SMILES string of the molecule is CCC(CC(=O)NC(C(=O)O)c1ccccc1)c1ccc(OC)cc1.